The molecule has 1 atom stereocenters. The van der Waals surface area contributed by atoms with Crippen molar-refractivity contribution in [3.8, 4) is 0 Å². The first-order valence-corrected chi connectivity index (χ1v) is 7.32. The molecule has 1 unspecified atom stereocenters. The molecule has 1 amide bonds. The van der Waals surface area contributed by atoms with Crippen LogP contribution in [0.15, 0.2) is 12.3 Å². The fourth-order valence-corrected chi connectivity index (χ4v) is 2.36. The summed E-state index contributed by atoms with van der Waals surface area (Å²) < 4.78 is 1.71. The Hall–Kier alpha value is -1.89. The second-order valence-electron chi connectivity index (χ2n) is 5.48. The first-order chi connectivity index (χ1) is 10.1. The number of nitrogens with one attached hydrogen (secondary N) is 1. The Kier molecular flexibility index (Phi) is 4.95. The molecule has 0 radical (unpaired) electrons. The molecule has 1 aromatic heterocycles. The van der Waals surface area contributed by atoms with E-state index in [0.717, 1.165) is 19.3 Å². The van der Waals surface area contributed by atoms with Crippen LogP contribution in [0.3, 0.4) is 0 Å². The number of aliphatic hydroxyl groups is 1. The molecular weight excluding hydrogens is 274 g/mol. The third-order valence-corrected chi connectivity index (χ3v) is 3.88. The average molecular weight is 295 g/mol. The highest BCUT2D eigenvalue weighted by atomic mass is 16.6. The van der Waals surface area contributed by atoms with E-state index in [2.05, 4.69) is 5.32 Å². The lowest BCUT2D eigenvalue weighted by Gasteiger charge is -2.14. The van der Waals surface area contributed by atoms with E-state index in [4.69, 9.17) is 5.11 Å². The van der Waals surface area contributed by atoms with Gasteiger partial charge in [0.2, 0.25) is 0 Å². The summed E-state index contributed by atoms with van der Waals surface area (Å²) in [7, 11) is 0. The molecule has 7 heteroatoms. The fourth-order valence-electron chi connectivity index (χ4n) is 2.36. The van der Waals surface area contributed by atoms with Crippen molar-refractivity contribution in [1.82, 2.24) is 9.88 Å². The SMILES string of the molecule is CCC(CCO)CNC(=O)c1cc([N+](=O)[O-])cn1C1CC1. The standard InChI is InChI=1S/C14H21N3O4/c1-2-10(5-6-18)8-15-14(19)13-7-12(17(20)21)9-16(13)11-3-4-11/h7,9-11,18H,2-6,8H2,1H3,(H,15,19). The quantitative estimate of drug-likeness (QED) is 0.565. The van der Waals surface area contributed by atoms with Crippen LogP contribution in [0.2, 0.25) is 0 Å². The van der Waals surface area contributed by atoms with Crippen molar-refractivity contribution in [3.05, 3.63) is 28.1 Å². The van der Waals surface area contributed by atoms with Crippen molar-refractivity contribution in [2.75, 3.05) is 13.2 Å². The van der Waals surface area contributed by atoms with E-state index in [1.165, 1.54) is 12.3 Å². The van der Waals surface area contributed by atoms with Crippen LogP contribution in [0.1, 0.15) is 49.1 Å². The molecule has 0 saturated heterocycles. The van der Waals surface area contributed by atoms with Gasteiger partial charge in [-0.1, -0.05) is 13.3 Å². The van der Waals surface area contributed by atoms with Gasteiger partial charge in [-0.15, -0.1) is 0 Å². The fraction of sp³-hybridized carbons (Fsp3) is 0.643. The maximum absolute atomic E-state index is 12.2. The van der Waals surface area contributed by atoms with Crippen LogP contribution in [0.4, 0.5) is 5.69 Å². The van der Waals surface area contributed by atoms with Crippen molar-refractivity contribution < 1.29 is 14.8 Å². The predicted molar refractivity (Wildman–Crippen MR) is 77.2 cm³/mol. The van der Waals surface area contributed by atoms with Gasteiger partial charge in [0.25, 0.3) is 11.6 Å². The van der Waals surface area contributed by atoms with Crippen molar-refractivity contribution in [3.63, 3.8) is 0 Å². The van der Waals surface area contributed by atoms with Crippen molar-refractivity contribution in [1.29, 1.82) is 0 Å². The van der Waals surface area contributed by atoms with Gasteiger partial charge in [0.15, 0.2) is 0 Å². The van der Waals surface area contributed by atoms with Gasteiger partial charge >= 0.3 is 0 Å². The molecular formula is C14H21N3O4. The maximum atomic E-state index is 12.2. The first-order valence-electron chi connectivity index (χ1n) is 7.32. The van der Waals surface area contributed by atoms with E-state index in [1.54, 1.807) is 4.57 Å². The van der Waals surface area contributed by atoms with E-state index >= 15 is 0 Å². The zero-order valence-electron chi connectivity index (χ0n) is 12.1. The lowest BCUT2D eigenvalue weighted by atomic mass is 10.0. The molecule has 7 nitrogen and oxygen atoms in total. The molecule has 1 aliphatic rings. The van der Waals surface area contributed by atoms with Crippen LogP contribution in [-0.2, 0) is 0 Å². The number of nitrogens with zero attached hydrogens (tertiary/aromatic N) is 2. The minimum atomic E-state index is -0.476. The average Bonchev–Trinajstić information content (AvgIpc) is 3.21. The smallest absolute Gasteiger partial charge is 0.287 e. The Morgan fingerprint density at radius 2 is 2.33 bits per heavy atom. The van der Waals surface area contributed by atoms with Gasteiger partial charge in [-0.05, 0) is 25.2 Å². The molecule has 0 spiro atoms. The monoisotopic (exact) mass is 295 g/mol. The Labute approximate surface area is 123 Å². The zero-order chi connectivity index (χ0) is 15.4. The summed E-state index contributed by atoms with van der Waals surface area (Å²) in [5.41, 5.74) is 0.303. The molecule has 2 rings (SSSR count). The maximum Gasteiger partial charge on any atom is 0.287 e. The number of hydrogen-bond acceptors (Lipinski definition) is 4. The number of aromatic nitrogens is 1. The summed E-state index contributed by atoms with van der Waals surface area (Å²) >= 11 is 0. The Bertz CT molecular complexity index is 522. The summed E-state index contributed by atoms with van der Waals surface area (Å²) in [5.74, 6) is -0.0651. The molecule has 1 fully saturated rings. The van der Waals surface area contributed by atoms with E-state index in [0.29, 0.717) is 18.7 Å². The van der Waals surface area contributed by atoms with Gasteiger partial charge in [-0.2, -0.15) is 0 Å². The zero-order valence-corrected chi connectivity index (χ0v) is 12.1. The molecule has 0 bridgehead atoms. The molecule has 0 aliphatic heterocycles. The van der Waals surface area contributed by atoms with E-state index in [-0.39, 0.29) is 30.2 Å². The van der Waals surface area contributed by atoms with Gasteiger partial charge in [0, 0.05) is 25.3 Å². The predicted octanol–water partition coefficient (Wildman–Crippen LogP) is 1.87. The van der Waals surface area contributed by atoms with E-state index < -0.39 is 4.92 Å². The van der Waals surface area contributed by atoms with Crippen LogP contribution < -0.4 is 5.32 Å². The minimum absolute atomic E-state index is 0.0468. The highest BCUT2D eigenvalue weighted by molar-refractivity contribution is 5.93. The lowest BCUT2D eigenvalue weighted by Crippen LogP contribution is -2.31. The van der Waals surface area contributed by atoms with Crippen LogP contribution in [0.25, 0.3) is 0 Å². The lowest BCUT2D eigenvalue weighted by molar-refractivity contribution is -0.384. The number of carbonyl (C=O) groups is 1. The number of hydrogen-bond donors (Lipinski definition) is 2. The van der Waals surface area contributed by atoms with Crippen molar-refractivity contribution in [2.45, 2.75) is 38.6 Å². The molecule has 1 saturated carbocycles. The third kappa shape index (κ3) is 3.81. The molecule has 1 aromatic rings. The first kappa shape index (κ1) is 15.5. The van der Waals surface area contributed by atoms with Crippen LogP contribution in [0.5, 0.6) is 0 Å². The topological polar surface area (TPSA) is 97.4 Å². The number of amides is 1. The Morgan fingerprint density at radius 3 is 2.86 bits per heavy atom. The van der Waals surface area contributed by atoms with Gasteiger partial charge in [-0.3, -0.25) is 14.9 Å². The van der Waals surface area contributed by atoms with Crippen molar-refractivity contribution in [2.24, 2.45) is 5.92 Å². The van der Waals surface area contributed by atoms with E-state index in [1.807, 2.05) is 6.92 Å². The molecule has 21 heavy (non-hydrogen) atoms. The van der Waals surface area contributed by atoms with Crippen LogP contribution in [0, 0.1) is 16.0 Å². The molecule has 1 aliphatic carbocycles. The van der Waals surface area contributed by atoms with Crippen LogP contribution in [-0.4, -0.2) is 33.7 Å². The van der Waals surface area contributed by atoms with Gasteiger partial charge in [0.1, 0.15) is 5.69 Å². The van der Waals surface area contributed by atoms with Crippen LogP contribution >= 0.6 is 0 Å². The molecule has 0 aromatic carbocycles. The van der Waals surface area contributed by atoms with E-state index in [9.17, 15) is 14.9 Å². The largest absolute Gasteiger partial charge is 0.396 e. The summed E-state index contributed by atoms with van der Waals surface area (Å²) in [6.45, 7) is 2.57. The Morgan fingerprint density at radius 1 is 1.62 bits per heavy atom. The van der Waals surface area contributed by atoms with Gasteiger partial charge in [-0.25, -0.2) is 0 Å². The summed E-state index contributed by atoms with van der Waals surface area (Å²) in [4.78, 5) is 22.6. The van der Waals surface area contributed by atoms with Crippen molar-refractivity contribution >= 4 is 11.6 Å². The second-order valence-corrected chi connectivity index (χ2v) is 5.48. The highest BCUT2D eigenvalue weighted by Crippen LogP contribution is 2.37. The van der Waals surface area contributed by atoms with Gasteiger partial charge in [0.05, 0.1) is 11.1 Å². The van der Waals surface area contributed by atoms with Gasteiger partial charge < -0.3 is 15.0 Å². The third-order valence-electron chi connectivity index (χ3n) is 3.88. The number of rotatable bonds is 8. The second kappa shape index (κ2) is 6.71. The summed E-state index contributed by atoms with van der Waals surface area (Å²) in [6, 6.07) is 1.54. The molecule has 2 N–H and O–H groups in total. The number of aliphatic hydroxyl groups excluding tert-OH is 1. The summed E-state index contributed by atoms with van der Waals surface area (Å²) in [6.07, 6.45) is 4.85. The number of nitro groups is 1. The molecule has 116 valence electrons. The minimum Gasteiger partial charge on any atom is -0.396 e. The Balaban J connectivity index is 2.06. The number of carbonyl (C=O) groups excluding carboxylic acids is 1. The molecule has 1 heterocycles. The highest BCUT2D eigenvalue weighted by Gasteiger charge is 2.30. The normalized spacial score (nSPS) is 15.7. The summed E-state index contributed by atoms with van der Waals surface area (Å²) in [5, 5.41) is 22.6.